The number of para-hydroxylation sites is 1. The van der Waals surface area contributed by atoms with Crippen LogP contribution in [-0.4, -0.2) is 45.2 Å². The molecule has 2 aromatic carbocycles. The number of anilines is 1. The highest BCUT2D eigenvalue weighted by molar-refractivity contribution is 5.91. The largest absolute Gasteiger partial charge is 0.326 e. The first-order chi connectivity index (χ1) is 13.2. The van der Waals surface area contributed by atoms with Crippen LogP contribution in [0.4, 0.5) is 5.69 Å². The van der Waals surface area contributed by atoms with Gasteiger partial charge in [-0.25, -0.2) is 0 Å². The molecule has 142 valence electrons. The zero-order valence-corrected chi connectivity index (χ0v) is 16.2. The minimum atomic E-state index is 0.123. The fourth-order valence-electron chi connectivity index (χ4n) is 3.55. The molecule has 0 atom stereocenters. The molecule has 4 nitrogen and oxygen atoms in total. The van der Waals surface area contributed by atoms with Gasteiger partial charge >= 0.3 is 0 Å². The van der Waals surface area contributed by atoms with E-state index in [9.17, 15) is 4.79 Å². The van der Waals surface area contributed by atoms with E-state index in [0.29, 0.717) is 6.42 Å². The standard InChI is InChI=1S/C23H29N3O/c1-20-8-5-6-12-22(20)24-23(27)13-15-26-18-16-25(17-19-26)14-7-11-21-9-3-2-4-10-21/h2-12H,13-19H2,1H3,(H,24,27)/p+2/b11-7+. The lowest BCUT2D eigenvalue weighted by atomic mass is 10.2. The van der Waals surface area contributed by atoms with Gasteiger partial charge in [0.1, 0.15) is 26.2 Å². The normalized spacial score (nSPS) is 19.9. The maximum Gasteiger partial charge on any atom is 0.230 e. The van der Waals surface area contributed by atoms with Crippen molar-refractivity contribution in [2.45, 2.75) is 13.3 Å². The Morgan fingerprint density at radius 2 is 1.63 bits per heavy atom. The van der Waals surface area contributed by atoms with E-state index in [-0.39, 0.29) is 5.91 Å². The highest BCUT2D eigenvalue weighted by atomic mass is 16.1. The molecule has 0 bridgehead atoms. The van der Waals surface area contributed by atoms with Crippen LogP contribution in [0.15, 0.2) is 60.7 Å². The van der Waals surface area contributed by atoms with Gasteiger partial charge in [-0.1, -0.05) is 54.6 Å². The van der Waals surface area contributed by atoms with Gasteiger partial charge in [0.15, 0.2) is 0 Å². The number of nitrogens with one attached hydrogen (secondary N) is 3. The summed E-state index contributed by atoms with van der Waals surface area (Å²) in [6, 6.07) is 18.4. The number of amides is 1. The fraction of sp³-hybridized carbons (Fsp3) is 0.348. The third-order valence-electron chi connectivity index (χ3n) is 5.31. The molecule has 1 aliphatic rings. The molecule has 4 heteroatoms. The van der Waals surface area contributed by atoms with E-state index in [1.807, 2.05) is 37.3 Å². The minimum Gasteiger partial charge on any atom is -0.326 e. The molecule has 0 radical (unpaired) electrons. The average Bonchev–Trinajstić information content (AvgIpc) is 2.70. The number of aryl methyl sites for hydroxylation is 1. The van der Waals surface area contributed by atoms with E-state index in [1.165, 1.54) is 18.7 Å². The smallest absolute Gasteiger partial charge is 0.230 e. The zero-order valence-electron chi connectivity index (χ0n) is 16.2. The van der Waals surface area contributed by atoms with Crippen molar-refractivity contribution >= 4 is 17.7 Å². The molecule has 2 aromatic rings. The van der Waals surface area contributed by atoms with E-state index in [2.05, 4.69) is 41.7 Å². The number of carbonyl (C=O) groups is 1. The van der Waals surface area contributed by atoms with Crippen molar-refractivity contribution in [2.24, 2.45) is 0 Å². The summed E-state index contributed by atoms with van der Waals surface area (Å²) in [4.78, 5) is 15.4. The summed E-state index contributed by atoms with van der Waals surface area (Å²) in [5, 5.41) is 3.04. The third kappa shape index (κ3) is 6.35. The summed E-state index contributed by atoms with van der Waals surface area (Å²) < 4.78 is 0. The Labute approximate surface area is 162 Å². The van der Waals surface area contributed by atoms with Crippen molar-refractivity contribution in [3.8, 4) is 0 Å². The summed E-state index contributed by atoms with van der Waals surface area (Å²) in [5.74, 6) is 0.123. The van der Waals surface area contributed by atoms with Crippen molar-refractivity contribution in [2.75, 3.05) is 44.6 Å². The second kappa shape index (κ2) is 10.0. The topological polar surface area (TPSA) is 38.0 Å². The second-order valence-corrected chi connectivity index (χ2v) is 7.38. The van der Waals surface area contributed by atoms with Crippen LogP contribution < -0.4 is 15.1 Å². The third-order valence-corrected chi connectivity index (χ3v) is 5.31. The molecule has 3 N–H and O–H groups in total. The summed E-state index contributed by atoms with van der Waals surface area (Å²) >= 11 is 0. The van der Waals surface area contributed by atoms with Crippen LogP contribution in [0.5, 0.6) is 0 Å². The molecule has 27 heavy (non-hydrogen) atoms. The Kier molecular flexibility index (Phi) is 7.19. The van der Waals surface area contributed by atoms with Crippen LogP contribution in [0.25, 0.3) is 6.08 Å². The van der Waals surface area contributed by atoms with Crippen LogP contribution in [0, 0.1) is 6.92 Å². The van der Waals surface area contributed by atoms with Crippen molar-refractivity contribution in [3.63, 3.8) is 0 Å². The Morgan fingerprint density at radius 3 is 2.37 bits per heavy atom. The van der Waals surface area contributed by atoms with Gasteiger partial charge in [0.05, 0.1) is 19.5 Å². The lowest BCUT2D eigenvalue weighted by Gasteiger charge is -2.29. The maximum absolute atomic E-state index is 12.2. The zero-order chi connectivity index (χ0) is 18.9. The fourth-order valence-corrected chi connectivity index (χ4v) is 3.55. The first-order valence-electron chi connectivity index (χ1n) is 9.95. The molecular weight excluding hydrogens is 334 g/mol. The first-order valence-corrected chi connectivity index (χ1v) is 9.95. The SMILES string of the molecule is Cc1ccccc1NC(=O)CC[NH+]1CC[NH+](C/C=C/c2ccccc2)CC1. The molecule has 0 unspecified atom stereocenters. The van der Waals surface area contributed by atoms with Crippen molar-refractivity contribution in [3.05, 3.63) is 71.8 Å². The van der Waals surface area contributed by atoms with Gasteiger partial charge in [0.2, 0.25) is 5.91 Å². The maximum atomic E-state index is 12.2. The molecule has 0 spiro atoms. The molecule has 1 fully saturated rings. The number of carbonyl (C=O) groups excluding carboxylic acids is 1. The number of benzene rings is 2. The predicted molar refractivity (Wildman–Crippen MR) is 111 cm³/mol. The molecule has 1 aliphatic heterocycles. The van der Waals surface area contributed by atoms with Crippen molar-refractivity contribution in [1.82, 2.24) is 0 Å². The van der Waals surface area contributed by atoms with Crippen LogP contribution in [0.1, 0.15) is 17.5 Å². The molecule has 1 saturated heterocycles. The van der Waals surface area contributed by atoms with Crippen LogP contribution in [-0.2, 0) is 4.79 Å². The molecular formula is C23H31N3O+2. The number of hydrogen-bond acceptors (Lipinski definition) is 1. The summed E-state index contributed by atoms with van der Waals surface area (Å²) in [6.45, 7) is 8.66. The van der Waals surface area contributed by atoms with Gasteiger partial charge in [0, 0.05) is 5.69 Å². The number of quaternary nitrogens is 2. The Hall–Kier alpha value is -2.43. The van der Waals surface area contributed by atoms with Gasteiger partial charge < -0.3 is 15.1 Å². The highest BCUT2D eigenvalue weighted by Crippen LogP contribution is 2.12. The quantitative estimate of drug-likeness (QED) is 0.668. The van der Waals surface area contributed by atoms with E-state index < -0.39 is 0 Å². The summed E-state index contributed by atoms with van der Waals surface area (Å²) in [7, 11) is 0. The van der Waals surface area contributed by atoms with Crippen LogP contribution >= 0.6 is 0 Å². The highest BCUT2D eigenvalue weighted by Gasteiger charge is 2.22. The number of rotatable bonds is 7. The number of hydrogen-bond donors (Lipinski definition) is 3. The van der Waals surface area contributed by atoms with Crippen molar-refractivity contribution < 1.29 is 14.6 Å². The second-order valence-electron chi connectivity index (χ2n) is 7.38. The van der Waals surface area contributed by atoms with E-state index in [4.69, 9.17) is 0 Å². The lowest BCUT2D eigenvalue weighted by molar-refractivity contribution is -1.01. The van der Waals surface area contributed by atoms with Gasteiger partial charge in [0.25, 0.3) is 0 Å². The average molecular weight is 366 g/mol. The first kappa shape index (κ1) is 19.3. The molecule has 0 aromatic heterocycles. The van der Waals surface area contributed by atoms with Crippen molar-refractivity contribution in [1.29, 1.82) is 0 Å². The van der Waals surface area contributed by atoms with Gasteiger partial charge in [-0.2, -0.15) is 0 Å². The van der Waals surface area contributed by atoms with Crippen LogP contribution in [0.2, 0.25) is 0 Å². The van der Waals surface area contributed by atoms with Gasteiger partial charge in [-0.15, -0.1) is 0 Å². The van der Waals surface area contributed by atoms with E-state index in [1.54, 1.807) is 9.80 Å². The predicted octanol–water partition coefficient (Wildman–Crippen LogP) is 0.820. The number of piperazine rings is 1. The lowest BCUT2D eigenvalue weighted by Crippen LogP contribution is -3.28. The molecule has 1 heterocycles. The Morgan fingerprint density at radius 1 is 0.963 bits per heavy atom. The summed E-state index contributed by atoms with van der Waals surface area (Å²) in [6.07, 6.45) is 5.08. The Bertz CT molecular complexity index is 749. The molecule has 0 saturated carbocycles. The minimum absolute atomic E-state index is 0.123. The summed E-state index contributed by atoms with van der Waals surface area (Å²) in [5.41, 5.74) is 3.30. The van der Waals surface area contributed by atoms with Gasteiger partial charge in [-0.3, -0.25) is 4.79 Å². The molecule has 3 rings (SSSR count). The monoisotopic (exact) mass is 365 g/mol. The van der Waals surface area contributed by atoms with Gasteiger partial charge in [-0.05, 0) is 30.2 Å². The van der Waals surface area contributed by atoms with E-state index >= 15 is 0 Å². The molecule has 0 aliphatic carbocycles. The molecule has 1 amide bonds. The van der Waals surface area contributed by atoms with Crippen LogP contribution in [0.3, 0.4) is 0 Å². The van der Waals surface area contributed by atoms with E-state index in [0.717, 1.165) is 37.4 Å². The Balaban J connectivity index is 1.34.